The van der Waals surface area contributed by atoms with Crippen LogP contribution in [-0.2, 0) is 13.1 Å². The molecule has 0 radical (unpaired) electrons. The molecule has 1 amide bonds. The van der Waals surface area contributed by atoms with Crippen molar-refractivity contribution < 1.29 is 4.79 Å². The summed E-state index contributed by atoms with van der Waals surface area (Å²) >= 11 is 1.39. The molecule has 2 aromatic carbocycles. The summed E-state index contributed by atoms with van der Waals surface area (Å²) in [6.07, 6.45) is 4.83. The van der Waals surface area contributed by atoms with E-state index in [2.05, 4.69) is 64.7 Å². The molecular formula is C25H30N4OS. The predicted octanol–water partition coefficient (Wildman–Crippen LogP) is 4.93. The number of aromatic nitrogens is 2. The Kier molecular flexibility index (Phi) is 7.10. The summed E-state index contributed by atoms with van der Waals surface area (Å²) in [7, 11) is 2.16. The van der Waals surface area contributed by atoms with Gasteiger partial charge >= 0.3 is 0 Å². The lowest BCUT2D eigenvalue weighted by Crippen LogP contribution is -2.34. The maximum absolute atomic E-state index is 12.4. The Balaban J connectivity index is 1.25. The van der Waals surface area contributed by atoms with Crippen LogP contribution in [0.5, 0.6) is 0 Å². The number of hydrogen-bond acceptors (Lipinski definition) is 5. The van der Waals surface area contributed by atoms with Gasteiger partial charge in [-0.1, -0.05) is 71.5 Å². The van der Waals surface area contributed by atoms with Gasteiger partial charge in [-0.15, -0.1) is 10.2 Å². The summed E-state index contributed by atoms with van der Waals surface area (Å²) in [6.45, 7) is 3.29. The van der Waals surface area contributed by atoms with Gasteiger partial charge in [0, 0.05) is 12.6 Å². The summed E-state index contributed by atoms with van der Waals surface area (Å²) in [5.74, 6) is 0.520. The molecule has 0 spiro atoms. The van der Waals surface area contributed by atoms with Gasteiger partial charge in [-0.05, 0) is 56.7 Å². The second-order valence-corrected chi connectivity index (χ2v) is 9.56. The number of rotatable bonds is 7. The summed E-state index contributed by atoms with van der Waals surface area (Å²) in [5, 5.41) is 12.7. The molecule has 4 rings (SSSR count). The largest absolute Gasteiger partial charge is 0.346 e. The molecule has 1 heterocycles. The fraction of sp³-hybridized carbons (Fsp3) is 0.400. The molecule has 0 unspecified atom stereocenters. The lowest BCUT2D eigenvalue weighted by molar-refractivity contribution is 0.0950. The molecule has 1 aliphatic rings. The molecule has 6 heteroatoms. The minimum Gasteiger partial charge on any atom is -0.346 e. The van der Waals surface area contributed by atoms with E-state index in [0.717, 1.165) is 17.1 Å². The third-order valence-electron chi connectivity index (χ3n) is 6.21. The van der Waals surface area contributed by atoms with Gasteiger partial charge in [-0.2, -0.15) is 0 Å². The van der Waals surface area contributed by atoms with Gasteiger partial charge in [0.1, 0.15) is 5.01 Å². The molecule has 0 atom stereocenters. The fourth-order valence-corrected chi connectivity index (χ4v) is 5.11. The van der Waals surface area contributed by atoms with Crippen LogP contribution in [-0.4, -0.2) is 34.1 Å². The second kappa shape index (κ2) is 10.2. The van der Waals surface area contributed by atoms with Crippen LogP contribution in [0.15, 0.2) is 54.6 Å². The van der Waals surface area contributed by atoms with Gasteiger partial charge in [0.25, 0.3) is 5.91 Å². The third kappa shape index (κ3) is 5.77. The van der Waals surface area contributed by atoms with Crippen molar-refractivity contribution in [3.8, 4) is 0 Å². The Hall–Kier alpha value is -2.57. The first-order chi connectivity index (χ1) is 15.1. The van der Waals surface area contributed by atoms with Crippen LogP contribution >= 0.6 is 11.3 Å². The number of nitrogens with zero attached hydrogens (tertiary/aromatic N) is 3. The van der Waals surface area contributed by atoms with Crippen molar-refractivity contribution in [1.82, 2.24) is 20.4 Å². The maximum atomic E-state index is 12.4. The van der Waals surface area contributed by atoms with Crippen LogP contribution in [0.3, 0.4) is 0 Å². The van der Waals surface area contributed by atoms with E-state index in [9.17, 15) is 4.79 Å². The van der Waals surface area contributed by atoms with E-state index in [1.54, 1.807) is 0 Å². The minimum atomic E-state index is -0.157. The van der Waals surface area contributed by atoms with Crippen molar-refractivity contribution >= 4 is 17.2 Å². The van der Waals surface area contributed by atoms with Gasteiger partial charge in [0.2, 0.25) is 5.01 Å². The highest BCUT2D eigenvalue weighted by atomic mass is 32.1. The van der Waals surface area contributed by atoms with Crippen LogP contribution < -0.4 is 5.32 Å². The minimum absolute atomic E-state index is 0.157. The number of carbonyl (C=O) groups excluding carboxylic acids is 1. The smallest absolute Gasteiger partial charge is 0.282 e. The van der Waals surface area contributed by atoms with E-state index in [1.165, 1.54) is 48.1 Å². The summed E-state index contributed by atoms with van der Waals surface area (Å²) < 4.78 is 0. The number of carbonyl (C=O) groups is 1. The molecule has 1 saturated carbocycles. The quantitative estimate of drug-likeness (QED) is 0.573. The first-order valence-corrected chi connectivity index (χ1v) is 11.8. The standard InChI is InChI=1S/C25H30N4OS/c1-18-8-10-19(11-9-18)16-26-24(30)25-28-27-23(31-25)17-29(2)22-14-12-21(13-15-22)20-6-4-3-5-7-20/h3-11,21-22H,12-17H2,1-2H3,(H,26,30). The van der Waals surface area contributed by atoms with Gasteiger partial charge in [-0.3, -0.25) is 9.69 Å². The Morgan fingerprint density at radius 1 is 1.03 bits per heavy atom. The van der Waals surface area contributed by atoms with Crippen molar-refractivity contribution in [3.05, 3.63) is 81.3 Å². The molecule has 1 fully saturated rings. The van der Waals surface area contributed by atoms with E-state index >= 15 is 0 Å². The van der Waals surface area contributed by atoms with E-state index in [1.807, 2.05) is 24.3 Å². The van der Waals surface area contributed by atoms with E-state index < -0.39 is 0 Å². The summed E-state index contributed by atoms with van der Waals surface area (Å²) in [5.41, 5.74) is 3.75. The van der Waals surface area contributed by atoms with Crippen molar-refractivity contribution in [3.63, 3.8) is 0 Å². The third-order valence-corrected chi connectivity index (χ3v) is 7.12. The molecule has 0 aliphatic heterocycles. The lowest BCUT2D eigenvalue weighted by Gasteiger charge is -2.34. The Morgan fingerprint density at radius 3 is 2.45 bits per heavy atom. The van der Waals surface area contributed by atoms with Crippen LogP contribution in [0.2, 0.25) is 0 Å². The molecule has 0 bridgehead atoms. The highest BCUT2D eigenvalue weighted by Gasteiger charge is 2.25. The highest BCUT2D eigenvalue weighted by Crippen LogP contribution is 2.34. The lowest BCUT2D eigenvalue weighted by atomic mass is 9.81. The molecule has 5 nitrogen and oxygen atoms in total. The van der Waals surface area contributed by atoms with Gasteiger partial charge < -0.3 is 5.32 Å². The normalized spacial score (nSPS) is 18.8. The predicted molar refractivity (Wildman–Crippen MR) is 125 cm³/mol. The molecule has 162 valence electrons. The van der Waals surface area contributed by atoms with Crippen molar-refractivity contribution in [1.29, 1.82) is 0 Å². The van der Waals surface area contributed by atoms with E-state index in [4.69, 9.17) is 0 Å². The van der Waals surface area contributed by atoms with Crippen LogP contribution in [0.4, 0.5) is 0 Å². The summed E-state index contributed by atoms with van der Waals surface area (Å²) in [4.78, 5) is 14.8. The van der Waals surface area contributed by atoms with E-state index in [0.29, 0.717) is 23.5 Å². The summed E-state index contributed by atoms with van der Waals surface area (Å²) in [6, 6.07) is 19.6. The number of aryl methyl sites for hydroxylation is 1. The molecule has 1 aliphatic carbocycles. The molecule has 31 heavy (non-hydrogen) atoms. The Morgan fingerprint density at radius 2 is 1.74 bits per heavy atom. The first-order valence-electron chi connectivity index (χ1n) is 11.0. The average molecular weight is 435 g/mol. The van der Waals surface area contributed by atoms with Gasteiger partial charge in [0.05, 0.1) is 6.54 Å². The fourth-order valence-electron chi connectivity index (χ4n) is 4.29. The zero-order chi connectivity index (χ0) is 21.6. The van der Waals surface area contributed by atoms with Crippen molar-refractivity contribution in [2.24, 2.45) is 0 Å². The molecule has 1 aromatic heterocycles. The van der Waals surface area contributed by atoms with E-state index in [-0.39, 0.29) is 5.91 Å². The second-order valence-electron chi connectivity index (χ2n) is 8.50. The van der Waals surface area contributed by atoms with Crippen LogP contribution in [0.1, 0.15) is 63.1 Å². The number of hydrogen-bond donors (Lipinski definition) is 1. The average Bonchev–Trinajstić information content (AvgIpc) is 3.28. The zero-order valence-corrected chi connectivity index (χ0v) is 19.1. The number of benzene rings is 2. The SMILES string of the molecule is Cc1ccc(CNC(=O)c2nnc(CN(C)C3CCC(c4ccccc4)CC3)s2)cc1. The van der Waals surface area contributed by atoms with Crippen LogP contribution in [0.25, 0.3) is 0 Å². The van der Waals surface area contributed by atoms with Gasteiger partial charge in [0.15, 0.2) is 0 Å². The molecule has 0 saturated heterocycles. The van der Waals surface area contributed by atoms with Crippen molar-refractivity contribution in [2.75, 3.05) is 7.05 Å². The first kappa shape index (κ1) is 21.7. The van der Waals surface area contributed by atoms with Crippen LogP contribution in [0, 0.1) is 6.92 Å². The maximum Gasteiger partial charge on any atom is 0.282 e. The topological polar surface area (TPSA) is 58.1 Å². The number of nitrogens with one attached hydrogen (secondary N) is 1. The van der Waals surface area contributed by atoms with Crippen molar-refractivity contribution in [2.45, 2.75) is 57.7 Å². The monoisotopic (exact) mass is 434 g/mol. The molecule has 1 N–H and O–H groups in total. The van der Waals surface area contributed by atoms with Gasteiger partial charge in [-0.25, -0.2) is 0 Å². The Bertz CT molecular complexity index is 978. The molecular weight excluding hydrogens is 404 g/mol. The zero-order valence-electron chi connectivity index (χ0n) is 18.3. The number of amides is 1. The highest BCUT2D eigenvalue weighted by molar-refractivity contribution is 7.13. The molecule has 3 aromatic rings. The Labute approximate surface area is 188 Å².